The minimum Gasteiger partial charge on any atom is -0.489 e. The Morgan fingerprint density at radius 1 is 1.28 bits per heavy atom. The molecule has 0 saturated heterocycles. The van der Waals surface area contributed by atoms with Gasteiger partial charge >= 0.3 is 6.98 Å². The topological polar surface area (TPSA) is 22.1 Å². The largest absolute Gasteiger partial charge is 0.511 e. The maximum absolute atomic E-state index is 12.6. The van der Waals surface area contributed by atoms with Crippen molar-refractivity contribution in [3.8, 4) is 5.75 Å². The second kappa shape index (κ2) is 5.20. The highest BCUT2D eigenvalue weighted by Gasteiger charge is 2.27. The molecule has 0 radical (unpaired) electrons. The molecule has 0 amide bonds. The van der Waals surface area contributed by atoms with E-state index in [4.69, 9.17) is 4.74 Å². The van der Waals surface area contributed by atoms with E-state index in [1.54, 1.807) is 0 Å². The van der Waals surface area contributed by atoms with Crippen LogP contribution >= 0.6 is 0 Å². The Kier molecular flexibility index (Phi) is 3.83. The molecular formula is C12H16BF3NO-. The zero-order chi connectivity index (χ0) is 13.2. The molecule has 0 N–H and O–H groups in total. The fourth-order valence-corrected chi connectivity index (χ4v) is 2.36. The van der Waals surface area contributed by atoms with Gasteiger partial charge in [0.2, 0.25) is 0 Å². The molecule has 1 aromatic rings. The van der Waals surface area contributed by atoms with E-state index in [0.29, 0.717) is 5.92 Å². The number of nitrogens with zero attached hydrogens (tertiary/aromatic N) is 1. The number of ether oxygens (including phenoxy) is 1. The van der Waals surface area contributed by atoms with E-state index in [1.807, 2.05) is 0 Å². The highest BCUT2D eigenvalue weighted by molar-refractivity contribution is 6.73. The van der Waals surface area contributed by atoms with Crippen molar-refractivity contribution in [2.24, 2.45) is 5.92 Å². The third-order valence-electron chi connectivity index (χ3n) is 3.30. The molecule has 6 heteroatoms. The Hall–Kier alpha value is -1.20. The van der Waals surface area contributed by atoms with E-state index in [-0.39, 0.29) is 11.9 Å². The predicted molar refractivity (Wildman–Crippen MR) is 65.0 cm³/mol. The molecule has 1 heterocycles. The van der Waals surface area contributed by atoms with Crippen LogP contribution in [-0.2, 0) is 0 Å². The van der Waals surface area contributed by atoms with Crippen LogP contribution in [0, 0.1) is 5.92 Å². The van der Waals surface area contributed by atoms with Crippen molar-refractivity contribution in [2.75, 3.05) is 0 Å². The maximum atomic E-state index is 12.6. The monoisotopic (exact) mass is 258 g/mol. The van der Waals surface area contributed by atoms with Crippen LogP contribution < -0.4 is 10.2 Å². The van der Waals surface area contributed by atoms with Crippen molar-refractivity contribution in [1.82, 2.24) is 4.98 Å². The van der Waals surface area contributed by atoms with Crippen molar-refractivity contribution in [3.05, 3.63) is 18.5 Å². The molecule has 0 bridgehead atoms. The van der Waals surface area contributed by atoms with Gasteiger partial charge in [-0.25, -0.2) is 0 Å². The summed E-state index contributed by atoms with van der Waals surface area (Å²) in [6.45, 7) is -2.86. The molecule has 1 aromatic heterocycles. The molecule has 0 spiro atoms. The van der Waals surface area contributed by atoms with Crippen LogP contribution in [0.4, 0.5) is 12.9 Å². The predicted octanol–water partition coefficient (Wildman–Crippen LogP) is 3.09. The summed E-state index contributed by atoms with van der Waals surface area (Å²) < 4.78 is 43.3. The molecule has 1 aliphatic carbocycles. The van der Waals surface area contributed by atoms with Gasteiger partial charge in [0.25, 0.3) is 0 Å². The van der Waals surface area contributed by atoms with Gasteiger partial charge in [0.15, 0.2) is 0 Å². The van der Waals surface area contributed by atoms with Crippen LogP contribution in [0.1, 0.15) is 32.6 Å². The van der Waals surface area contributed by atoms with Crippen LogP contribution in [0.2, 0.25) is 0 Å². The Bertz CT molecular complexity index is 411. The minimum atomic E-state index is -5.01. The van der Waals surface area contributed by atoms with E-state index in [0.717, 1.165) is 31.5 Å². The zero-order valence-electron chi connectivity index (χ0n) is 10.3. The standard InChI is InChI=1S/C12H16BF3NO/c1-9-3-2-4-11(5-9)18-12-6-10(7-17-8-12)13(14,15)16/h6-9,11H,2-5H2,1H3/q-1. The van der Waals surface area contributed by atoms with Crippen LogP contribution in [0.5, 0.6) is 5.75 Å². The molecule has 2 rings (SSSR count). The van der Waals surface area contributed by atoms with Crippen LogP contribution in [0.25, 0.3) is 0 Å². The highest BCUT2D eigenvalue weighted by Crippen LogP contribution is 2.27. The van der Waals surface area contributed by atoms with Gasteiger partial charge in [-0.1, -0.05) is 18.8 Å². The van der Waals surface area contributed by atoms with Crippen LogP contribution in [-0.4, -0.2) is 18.1 Å². The number of hydrogen-bond acceptors (Lipinski definition) is 2. The van der Waals surface area contributed by atoms with E-state index >= 15 is 0 Å². The summed E-state index contributed by atoms with van der Waals surface area (Å²) in [5.41, 5.74) is -0.698. The smallest absolute Gasteiger partial charge is 0.489 e. The Morgan fingerprint density at radius 2 is 2.06 bits per heavy atom. The summed E-state index contributed by atoms with van der Waals surface area (Å²) in [7, 11) is 0. The average Bonchev–Trinajstić information content (AvgIpc) is 2.28. The number of halogens is 3. The quantitative estimate of drug-likeness (QED) is 0.777. The van der Waals surface area contributed by atoms with Gasteiger partial charge in [-0.3, -0.25) is 4.98 Å². The number of pyridine rings is 1. The number of rotatable bonds is 3. The molecular weight excluding hydrogens is 242 g/mol. The Balaban J connectivity index is 2.05. The second-order valence-electron chi connectivity index (χ2n) is 5.04. The van der Waals surface area contributed by atoms with Crippen molar-refractivity contribution in [3.63, 3.8) is 0 Å². The fraction of sp³-hybridized carbons (Fsp3) is 0.583. The van der Waals surface area contributed by atoms with Gasteiger partial charge in [-0.15, -0.1) is 0 Å². The summed E-state index contributed by atoms with van der Waals surface area (Å²) in [5, 5.41) is 0. The molecule has 1 saturated carbocycles. The van der Waals surface area contributed by atoms with E-state index in [1.165, 1.54) is 12.6 Å². The molecule has 2 atom stereocenters. The van der Waals surface area contributed by atoms with Gasteiger partial charge in [0.05, 0.1) is 12.3 Å². The molecule has 2 nitrogen and oxygen atoms in total. The number of hydrogen-bond donors (Lipinski definition) is 0. The summed E-state index contributed by atoms with van der Waals surface area (Å²) >= 11 is 0. The highest BCUT2D eigenvalue weighted by atomic mass is 19.4. The van der Waals surface area contributed by atoms with Gasteiger partial charge in [-0.05, 0) is 31.2 Å². The third kappa shape index (κ3) is 3.40. The zero-order valence-corrected chi connectivity index (χ0v) is 10.3. The van der Waals surface area contributed by atoms with Gasteiger partial charge < -0.3 is 17.7 Å². The summed E-state index contributed by atoms with van der Waals surface area (Å²) in [5.74, 6) is 0.803. The van der Waals surface area contributed by atoms with Crippen molar-refractivity contribution in [2.45, 2.75) is 38.7 Å². The summed E-state index contributed by atoms with van der Waals surface area (Å²) in [6, 6.07) is 1.05. The fourth-order valence-electron chi connectivity index (χ4n) is 2.36. The van der Waals surface area contributed by atoms with Crippen molar-refractivity contribution < 1.29 is 17.7 Å². The van der Waals surface area contributed by atoms with Crippen molar-refractivity contribution in [1.29, 1.82) is 0 Å². The molecule has 0 aromatic carbocycles. The molecule has 0 aliphatic heterocycles. The molecule has 1 fully saturated rings. The minimum absolute atomic E-state index is 0.0199. The lowest BCUT2D eigenvalue weighted by Crippen LogP contribution is -2.34. The van der Waals surface area contributed by atoms with E-state index < -0.39 is 12.4 Å². The molecule has 100 valence electrons. The van der Waals surface area contributed by atoms with E-state index in [2.05, 4.69) is 11.9 Å². The van der Waals surface area contributed by atoms with Gasteiger partial charge in [-0.2, -0.15) is 0 Å². The summed E-state index contributed by atoms with van der Waals surface area (Å²) in [6.07, 6.45) is 6.27. The first-order chi connectivity index (χ1) is 8.45. The first-order valence-electron chi connectivity index (χ1n) is 6.26. The Labute approximate surface area is 105 Å². The lowest BCUT2D eigenvalue weighted by molar-refractivity contribution is 0.129. The maximum Gasteiger partial charge on any atom is 0.511 e. The SMILES string of the molecule is CC1CCCC(Oc2cncc([B-](F)(F)F)c2)C1. The first kappa shape index (κ1) is 13.2. The summed E-state index contributed by atoms with van der Waals surface area (Å²) in [4.78, 5) is 3.61. The van der Waals surface area contributed by atoms with E-state index in [9.17, 15) is 12.9 Å². The third-order valence-corrected chi connectivity index (χ3v) is 3.30. The number of aromatic nitrogens is 1. The van der Waals surface area contributed by atoms with Gasteiger partial charge in [0, 0.05) is 6.20 Å². The van der Waals surface area contributed by atoms with Crippen molar-refractivity contribution >= 4 is 12.4 Å². The normalized spacial score (nSPS) is 24.9. The molecule has 18 heavy (non-hydrogen) atoms. The lowest BCUT2D eigenvalue weighted by atomic mass is 9.81. The lowest BCUT2D eigenvalue weighted by Gasteiger charge is -2.27. The Morgan fingerprint density at radius 3 is 2.72 bits per heavy atom. The molecule has 1 aliphatic rings. The second-order valence-corrected chi connectivity index (χ2v) is 5.04. The van der Waals surface area contributed by atoms with Crippen LogP contribution in [0.15, 0.2) is 18.5 Å². The van der Waals surface area contributed by atoms with Crippen LogP contribution in [0.3, 0.4) is 0 Å². The molecule has 2 unspecified atom stereocenters. The first-order valence-corrected chi connectivity index (χ1v) is 6.26. The van der Waals surface area contributed by atoms with Gasteiger partial charge in [0.1, 0.15) is 5.75 Å². The average molecular weight is 258 g/mol.